The molecule has 1 aliphatic heterocycles. The Kier molecular flexibility index (Phi) is 8.81. The predicted octanol–water partition coefficient (Wildman–Crippen LogP) is 3.30. The number of nitrogens with zero attached hydrogens (tertiary/aromatic N) is 2. The highest BCUT2D eigenvalue weighted by Crippen LogP contribution is 2.29. The largest absolute Gasteiger partial charge is 0.496 e. The summed E-state index contributed by atoms with van der Waals surface area (Å²) in [6.45, 7) is 3.25. The van der Waals surface area contributed by atoms with E-state index in [0.29, 0.717) is 32.9 Å². The first-order valence-corrected chi connectivity index (χ1v) is 11.2. The van der Waals surface area contributed by atoms with Gasteiger partial charge in [0.05, 0.1) is 40.6 Å². The van der Waals surface area contributed by atoms with Crippen LogP contribution < -0.4 is 21.1 Å². The number of likely N-dealkylation sites (tertiary alicyclic amines) is 1. The molecule has 4 N–H and O–H groups in total. The van der Waals surface area contributed by atoms with Crippen molar-refractivity contribution in [2.24, 2.45) is 0 Å². The molecule has 0 spiro atoms. The first kappa shape index (κ1) is 24.4. The number of ether oxygens (including phenoxy) is 2. The average Bonchev–Trinajstić information content (AvgIpc) is 2.79. The number of amides is 1. The molecule has 2 aromatic rings. The van der Waals surface area contributed by atoms with Crippen molar-refractivity contribution in [1.82, 2.24) is 15.2 Å². The van der Waals surface area contributed by atoms with Crippen LogP contribution in [0.15, 0.2) is 30.5 Å². The second-order valence-corrected chi connectivity index (χ2v) is 8.45. The number of carbonyl (C=O) groups excluding carboxylic acids is 1. The van der Waals surface area contributed by atoms with Gasteiger partial charge in [-0.05, 0) is 37.6 Å². The Bertz CT molecular complexity index is 930. The molecule has 0 radical (unpaired) electrons. The van der Waals surface area contributed by atoms with Gasteiger partial charge >= 0.3 is 0 Å². The fourth-order valence-corrected chi connectivity index (χ4v) is 4.13. The normalized spacial score (nSPS) is 18.9. The summed E-state index contributed by atoms with van der Waals surface area (Å²) in [5.74, 6) is 0.820. The molecule has 2 atom stereocenters. The molecule has 1 amide bonds. The molecule has 0 saturated carbocycles. The number of rotatable bonds is 9. The number of aromatic nitrogens is 1. The van der Waals surface area contributed by atoms with E-state index in [9.17, 15) is 4.79 Å². The smallest absolute Gasteiger partial charge is 0.255 e. The van der Waals surface area contributed by atoms with Gasteiger partial charge in [-0.1, -0.05) is 23.2 Å². The first-order valence-electron chi connectivity index (χ1n) is 10.5. The van der Waals surface area contributed by atoms with E-state index >= 15 is 0 Å². The predicted molar refractivity (Wildman–Crippen MR) is 128 cm³/mol. The molecule has 174 valence electrons. The van der Waals surface area contributed by atoms with Crippen LogP contribution in [0, 0.1) is 0 Å². The SMILES string of the molecule is COc1cc(N)c(Cl)cc1C(=O)NC1CCN(CCCNc2ncccc2Cl)CC1OC. The highest BCUT2D eigenvalue weighted by atomic mass is 35.5. The van der Waals surface area contributed by atoms with Crippen molar-refractivity contribution in [3.63, 3.8) is 0 Å². The zero-order chi connectivity index (χ0) is 23.1. The number of methoxy groups -OCH3 is 2. The van der Waals surface area contributed by atoms with E-state index in [1.54, 1.807) is 25.4 Å². The van der Waals surface area contributed by atoms with E-state index in [1.807, 2.05) is 6.07 Å². The van der Waals surface area contributed by atoms with E-state index in [4.69, 9.17) is 38.4 Å². The summed E-state index contributed by atoms with van der Waals surface area (Å²) in [4.78, 5) is 19.5. The number of benzene rings is 1. The van der Waals surface area contributed by atoms with Crippen molar-refractivity contribution >= 4 is 40.6 Å². The molecule has 1 aliphatic rings. The van der Waals surface area contributed by atoms with E-state index in [0.717, 1.165) is 39.0 Å². The quantitative estimate of drug-likeness (QED) is 0.372. The molecule has 0 bridgehead atoms. The van der Waals surface area contributed by atoms with E-state index in [-0.39, 0.29) is 18.1 Å². The number of nitrogens with two attached hydrogens (primary N) is 1. The lowest BCUT2D eigenvalue weighted by atomic mass is 10.0. The number of pyridine rings is 1. The molecule has 8 nitrogen and oxygen atoms in total. The third-order valence-electron chi connectivity index (χ3n) is 5.53. The molecule has 32 heavy (non-hydrogen) atoms. The summed E-state index contributed by atoms with van der Waals surface area (Å²) in [7, 11) is 3.16. The third-order valence-corrected chi connectivity index (χ3v) is 6.16. The number of piperidine rings is 1. The molecule has 10 heteroatoms. The monoisotopic (exact) mass is 481 g/mol. The van der Waals surface area contributed by atoms with Gasteiger partial charge in [-0.25, -0.2) is 4.98 Å². The fraction of sp³-hybridized carbons (Fsp3) is 0.455. The van der Waals surface area contributed by atoms with Crippen LogP contribution in [-0.4, -0.2) is 68.3 Å². The summed E-state index contributed by atoms with van der Waals surface area (Å²) in [6.07, 6.45) is 3.29. The van der Waals surface area contributed by atoms with Crippen LogP contribution in [0.1, 0.15) is 23.2 Å². The second-order valence-electron chi connectivity index (χ2n) is 7.63. The molecule has 2 heterocycles. The second kappa shape index (κ2) is 11.6. The van der Waals surface area contributed by atoms with Gasteiger partial charge in [0.15, 0.2) is 0 Å². The van der Waals surface area contributed by atoms with E-state index in [1.165, 1.54) is 13.2 Å². The molecule has 1 aromatic heterocycles. The Hall–Kier alpha value is -2.26. The van der Waals surface area contributed by atoms with Crippen molar-refractivity contribution in [2.75, 3.05) is 51.4 Å². The summed E-state index contributed by atoms with van der Waals surface area (Å²) in [5, 5.41) is 7.26. The van der Waals surface area contributed by atoms with Gasteiger partial charge in [0.2, 0.25) is 0 Å². The van der Waals surface area contributed by atoms with Crippen molar-refractivity contribution in [3.8, 4) is 5.75 Å². The summed E-state index contributed by atoms with van der Waals surface area (Å²) in [6, 6.07) is 6.59. The first-order chi connectivity index (χ1) is 15.4. The van der Waals surface area contributed by atoms with Crippen molar-refractivity contribution in [1.29, 1.82) is 0 Å². The fourth-order valence-electron chi connectivity index (χ4n) is 3.77. The minimum atomic E-state index is -0.263. The number of anilines is 2. The Labute approximate surface area is 198 Å². The minimum absolute atomic E-state index is 0.116. The Morgan fingerprint density at radius 2 is 2.12 bits per heavy atom. The standard InChI is InChI=1S/C22H29Cl2N5O3/c1-31-19-12-17(25)16(24)11-14(19)22(30)28-18-6-10-29(13-20(18)32-2)9-4-8-27-21-15(23)5-3-7-26-21/h3,5,7,11-12,18,20H,4,6,8-10,13,25H2,1-2H3,(H,26,27)(H,28,30). The van der Waals surface area contributed by atoms with Gasteiger partial charge in [-0.15, -0.1) is 0 Å². The van der Waals surface area contributed by atoms with Crippen LogP contribution in [0.5, 0.6) is 5.75 Å². The lowest BCUT2D eigenvalue weighted by Crippen LogP contribution is -2.55. The van der Waals surface area contributed by atoms with Crippen LogP contribution in [0.4, 0.5) is 11.5 Å². The van der Waals surface area contributed by atoms with Crippen LogP contribution in [0.25, 0.3) is 0 Å². The number of carbonyl (C=O) groups is 1. The summed E-state index contributed by atoms with van der Waals surface area (Å²) >= 11 is 12.2. The van der Waals surface area contributed by atoms with Crippen LogP contribution in [0.3, 0.4) is 0 Å². The van der Waals surface area contributed by atoms with E-state index in [2.05, 4.69) is 20.5 Å². The molecule has 2 unspecified atom stereocenters. The zero-order valence-electron chi connectivity index (χ0n) is 18.2. The number of halogens is 2. The number of hydrogen-bond acceptors (Lipinski definition) is 7. The molecular formula is C22H29Cl2N5O3. The topological polar surface area (TPSA) is 102 Å². The summed E-state index contributed by atoms with van der Waals surface area (Å²) < 4.78 is 11.0. The minimum Gasteiger partial charge on any atom is -0.496 e. The number of hydrogen-bond donors (Lipinski definition) is 3. The average molecular weight is 482 g/mol. The van der Waals surface area contributed by atoms with Crippen molar-refractivity contribution < 1.29 is 14.3 Å². The molecule has 1 saturated heterocycles. The molecule has 1 aromatic carbocycles. The highest BCUT2D eigenvalue weighted by Gasteiger charge is 2.31. The van der Waals surface area contributed by atoms with E-state index < -0.39 is 0 Å². The Balaban J connectivity index is 1.50. The summed E-state index contributed by atoms with van der Waals surface area (Å²) in [5.41, 5.74) is 6.53. The van der Waals surface area contributed by atoms with Gasteiger partial charge in [-0.3, -0.25) is 4.79 Å². The van der Waals surface area contributed by atoms with Crippen LogP contribution in [-0.2, 0) is 4.74 Å². The molecule has 0 aliphatic carbocycles. The lowest BCUT2D eigenvalue weighted by molar-refractivity contribution is 0.00638. The maximum Gasteiger partial charge on any atom is 0.255 e. The van der Waals surface area contributed by atoms with Crippen molar-refractivity contribution in [2.45, 2.75) is 25.0 Å². The zero-order valence-corrected chi connectivity index (χ0v) is 19.7. The maximum absolute atomic E-state index is 12.9. The molecule has 3 rings (SSSR count). The Morgan fingerprint density at radius 3 is 2.84 bits per heavy atom. The third kappa shape index (κ3) is 6.16. The lowest BCUT2D eigenvalue weighted by Gasteiger charge is -2.38. The van der Waals surface area contributed by atoms with Crippen molar-refractivity contribution in [3.05, 3.63) is 46.1 Å². The molecule has 1 fully saturated rings. The maximum atomic E-state index is 12.9. The van der Waals surface area contributed by atoms with Gasteiger partial charge < -0.3 is 30.7 Å². The van der Waals surface area contributed by atoms with Crippen LogP contribution in [0.2, 0.25) is 10.0 Å². The van der Waals surface area contributed by atoms with Gasteiger partial charge in [0, 0.05) is 39.0 Å². The van der Waals surface area contributed by atoms with Gasteiger partial charge in [0.1, 0.15) is 11.6 Å². The van der Waals surface area contributed by atoms with Gasteiger partial charge in [-0.2, -0.15) is 0 Å². The van der Waals surface area contributed by atoms with Gasteiger partial charge in [0.25, 0.3) is 5.91 Å². The number of nitrogen functional groups attached to an aromatic ring is 1. The Morgan fingerprint density at radius 1 is 1.31 bits per heavy atom. The molecular weight excluding hydrogens is 453 g/mol. The number of nitrogens with one attached hydrogen (secondary N) is 2. The van der Waals surface area contributed by atoms with Crippen LogP contribution >= 0.6 is 23.2 Å². The highest BCUT2D eigenvalue weighted by molar-refractivity contribution is 6.33.